The molecule has 0 atom stereocenters. The molecule has 1 heterocycles. The number of carbonyl (C=O) groups is 1. The van der Waals surface area contributed by atoms with E-state index in [9.17, 15) is 4.79 Å². The molecule has 0 saturated carbocycles. The molecule has 0 spiro atoms. The molecule has 4 nitrogen and oxygen atoms in total. The van der Waals surface area contributed by atoms with Crippen LogP contribution >= 0.6 is 23.4 Å². The van der Waals surface area contributed by atoms with Gasteiger partial charge >= 0.3 is 0 Å². The molecule has 0 unspecified atom stereocenters. The van der Waals surface area contributed by atoms with Crippen LogP contribution in [0.15, 0.2) is 71.0 Å². The minimum Gasteiger partial charge on any atom is -0.329 e. The van der Waals surface area contributed by atoms with Gasteiger partial charge in [-0.25, -0.2) is 4.98 Å². The van der Waals surface area contributed by atoms with Gasteiger partial charge in [-0.1, -0.05) is 35.5 Å². The normalized spacial score (nSPS) is 10.6. The maximum Gasteiger partial charge on any atom is 0.224 e. The van der Waals surface area contributed by atoms with Crippen molar-refractivity contribution in [3.8, 4) is 0 Å². The molecule has 1 N–H and O–H groups in total. The van der Waals surface area contributed by atoms with Gasteiger partial charge in [-0.3, -0.25) is 4.79 Å². The second kappa shape index (κ2) is 8.23. The zero-order valence-electron chi connectivity index (χ0n) is 13.8. The molecule has 3 aromatic rings. The van der Waals surface area contributed by atoms with E-state index in [1.807, 2.05) is 66.3 Å². The average Bonchev–Trinajstić information content (AvgIpc) is 3.00. The van der Waals surface area contributed by atoms with Crippen LogP contribution in [0.1, 0.15) is 12.0 Å². The average molecular weight is 372 g/mol. The molecule has 0 aliphatic heterocycles. The number of carbonyl (C=O) groups excluding carboxylic acids is 1. The molecular formula is C19H18ClN3OS. The van der Waals surface area contributed by atoms with Crippen molar-refractivity contribution < 1.29 is 4.79 Å². The summed E-state index contributed by atoms with van der Waals surface area (Å²) in [4.78, 5) is 17.5. The van der Waals surface area contributed by atoms with Gasteiger partial charge in [0.15, 0.2) is 5.16 Å². The van der Waals surface area contributed by atoms with Crippen molar-refractivity contribution >= 4 is 35.0 Å². The van der Waals surface area contributed by atoms with Crippen LogP contribution in [-0.4, -0.2) is 15.5 Å². The van der Waals surface area contributed by atoms with E-state index in [2.05, 4.69) is 10.3 Å². The minimum atomic E-state index is -0.00974. The Hall–Kier alpha value is -2.24. The van der Waals surface area contributed by atoms with Crippen molar-refractivity contribution in [2.45, 2.75) is 22.9 Å². The molecule has 0 saturated heterocycles. The lowest BCUT2D eigenvalue weighted by Gasteiger charge is -2.07. The summed E-state index contributed by atoms with van der Waals surface area (Å²) in [5.74, 6) is -0.00974. The quantitative estimate of drug-likeness (QED) is 0.677. The number of rotatable bonds is 6. The van der Waals surface area contributed by atoms with Gasteiger partial charge in [0, 0.05) is 41.5 Å². The highest BCUT2D eigenvalue weighted by Crippen LogP contribution is 2.26. The van der Waals surface area contributed by atoms with E-state index >= 15 is 0 Å². The Morgan fingerprint density at radius 3 is 2.72 bits per heavy atom. The fourth-order valence-corrected chi connectivity index (χ4v) is 3.35. The number of nitrogens with zero attached hydrogens (tertiary/aromatic N) is 2. The van der Waals surface area contributed by atoms with Gasteiger partial charge in [0.2, 0.25) is 5.91 Å². The molecule has 0 radical (unpaired) electrons. The number of amides is 1. The van der Waals surface area contributed by atoms with Crippen LogP contribution < -0.4 is 5.32 Å². The van der Waals surface area contributed by atoms with E-state index in [0.29, 0.717) is 17.9 Å². The molecule has 25 heavy (non-hydrogen) atoms. The Morgan fingerprint density at radius 2 is 2.04 bits per heavy atom. The van der Waals surface area contributed by atoms with Crippen molar-refractivity contribution in [1.29, 1.82) is 0 Å². The number of aryl methyl sites for hydroxylation is 2. The Kier molecular flexibility index (Phi) is 5.79. The molecule has 3 rings (SSSR count). The molecule has 0 fully saturated rings. The van der Waals surface area contributed by atoms with Gasteiger partial charge in [0.1, 0.15) is 0 Å². The fraction of sp³-hybridized carbons (Fsp3) is 0.158. The number of anilines is 1. The highest BCUT2D eigenvalue weighted by molar-refractivity contribution is 7.99. The number of nitrogens with one attached hydrogen (secondary N) is 1. The molecule has 1 aromatic heterocycles. The third kappa shape index (κ3) is 5.11. The van der Waals surface area contributed by atoms with Crippen LogP contribution in [0.2, 0.25) is 5.02 Å². The maximum absolute atomic E-state index is 12.1. The van der Waals surface area contributed by atoms with Crippen LogP contribution in [0.25, 0.3) is 0 Å². The van der Waals surface area contributed by atoms with Crippen LogP contribution in [-0.2, 0) is 18.3 Å². The molecule has 128 valence electrons. The van der Waals surface area contributed by atoms with Crippen LogP contribution in [0.5, 0.6) is 0 Å². The smallest absolute Gasteiger partial charge is 0.224 e. The largest absolute Gasteiger partial charge is 0.329 e. The molecule has 2 aromatic carbocycles. The molecule has 1 amide bonds. The predicted molar refractivity (Wildman–Crippen MR) is 102 cm³/mol. The lowest BCUT2D eigenvalue weighted by molar-refractivity contribution is -0.116. The Labute approximate surface area is 156 Å². The standard InChI is InChI=1S/C19H18ClN3OS/c1-23-12-11-21-19(23)25-17-8-6-16(7-9-17)22-18(24)10-5-14-3-2-4-15(20)13-14/h2-4,6-9,11-13H,5,10H2,1H3,(H,22,24). The topological polar surface area (TPSA) is 46.9 Å². The van der Waals surface area contributed by atoms with E-state index in [1.165, 1.54) is 0 Å². The highest BCUT2D eigenvalue weighted by Gasteiger charge is 2.06. The summed E-state index contributed by atoms with van der Waals surface area (Å²) in [7, 11) is 1.96. The third-order valence-corrected chi connectivity index (χ3v) is 4.97. The summed E-state index contributed by atoms with van der Waals surface area (Å²) in [6.07, 6.45) is 4.78. The number of hydrogen-bond acceptors (Lipinski definition) is 3. The third-order valence-electron chi connectivity index (χ3n) is 3.65. The lowest BCUT2D eigenvalue weighted by atomic mass is 10.1. The Morgan fingerprint density at radius 1 is 1.24 bits per heavy atom. The van der Waals surface area contributed by atoms with Crippen LogP contribution in [0, 0.1) is 0 Å². The second-order valence-electron chi connectivity index (χ2n) is 5.63. The van der Waals surface area contributed by atoms with Gasteiger partial charge in [0.25, 0.3) is 0 Å². The van der Waals surface area contributed by atoms with Crippen molar-refractivity contribution in [2.75, 3.05) is 5.32 Å². The fourth-order valence-electron chi connectivity index (χ4n) is 2.34. The second-order valence-corrected chi connectivity index (χ2v) is 7.10. The number of benzene rings is 2. The summed E-state index contributed by atoms with van der Waals surface area (Å²) in [5.41, 5.74) is 1.85. The summed E-state index contributed by atoms with van der Waals surface area (Å²) in [6.45, 7) is 0. The Bertz CT molecular complexity index is 861. The summed E-state index contributed by atoms with van der Waals surface area (Å²) >= 11 is 7.54. The van der Waals surface area contributed by atoms with E-state index < -0.39 is 0 Å². The Balaban J connectivity index is 1.52. The molecule has 0 aliphatic rings. The predicted octanol–water partition coefficient (Wildman–Crippen LogP) is 4.80. The first-order valence-corrected chi connectivity index (χ1v) is 9.09. The molecule has 6 heteroatoms. The first kappa shape index (κ1) is 17.6. The van der Waals surface area contributed by atoms with Gasteiger partial charge in [-0.2, -0.15) is 0 Å². The van der Waals surface area contributed by atoms with E-state index in [-0.39, 0.29) is 5.91 Å². The van der Waals surface area contributed by atoms with Crippen molar-refractivity contribution in [3.63, 3.8) is 0 Å². The minimum absolute atomic E-state index is 0.00974. The lowest BCUT2D eigenvalue weighted by Crippen LogP contribution is -2.12. The van der Waals surface area contributed by atoms with Crippen molar-refractivity contribution in [3.05, 3.63) is 71.5 Å². The van der Waals surface area contributed by atoms with Crippen LogP contribution in [0.4, 0.5) is 5.69 Å². The SMILES string of the molecule is Cn1ccnc1Sc1ccc(NC(=O)CCc2cccc(Cl)c2)cc1. The van der Waals surface area contributed by atoms with E-state index in [0.717, 1.165) is 21.3 Å². The van der Waals surface area contributed by atoms with Crippen molar-refractivity contribution in [2.24, 2.45) is 7.05 Å². The first-order valence-electron chi connectivity index (χ1n) is 7.90. The maximum atomic E-state index is 12.1. The number of hydrogen-bond donors (Lipinski definition) is 1. The number of halogens is 1. The van der Waals surface area contributed by atoms with Gasteiger partial charge in [-0.05, 0) is 48.4 Å². The summed E-state index contributed by atoms with van der Waals surface area (Å²) in [5, 5.41) is 4.54. The molecular weight excluding hydrogens is 354 g/mol. The van der Waals surface area contributed by atoms with Gasteiger partial charge in [-0.15, -0.1) is 0 Å². The highest BCUT2D eigenvalue weighted by atomic mass is 35.5. The van der Waals surface area contributed by atoms with Crippen LogP contribution in [0.3, 0.4) is 0 Å². The first-order chi connectivity index (χ1) is 12.1. The monoisotopic (exact) mass is 371 g/mol. The number of imidazole rings is 1. The van der Waals surface area contributed by atoms with Gasteiger partial charge in [0.05, 0.1) is 0 Å². The van der Waals surface area contributed by atoms with Crippen molar-refractivity contribution in [1.82, 2.24) is 9.55 Å². The van der Waals surface area contributed by atoms with Gasteiger partial charge < -0.3 is 9.88 Å². The number of aromatic nitrogens is 2. The summed E-state index contributed by atoms with van der Waals surface area (Å²) in [6, 6.07) is 15.4. The van der Waals surface area contributed by atoms with E-state index in [4.69, 9.17) is 11.6 Å². The summed E-state index contributed by atoms with van der Waals surface area (Å²) < 4.78 is 1.97. The zero-order chi connectivity index (χ0) is 17.6. The zero-order valence-corrected chi connectivity index (χ0v) is 15.3. The molecule has 0 aliphatic carbocycles. The van der Waals surface area contributed by atoms with E-state index in [1.54, 1.807) is 18.0 Å². The molecule has 0 bridgehead atoms.